The Bertz CT molecular complexity index is 750. The van der Waals surface area contributed by atoms with Crippen molar-refractivity contribution in [2.45, 2.75) is 6.10 Å². The van der Waals surface area contributed by atoms with Crippen molar-refractivity contribution in [3.63, 3.8) is 0 Å². The number of benzene rings is 2. The van der Waals surface area contributed by atoms with Gasteiger partial charge in [0.15, 0.2) is 6.10 Å². The quantitative estimate of drug-likeness (QED) is 0.706. The summed E-state index contributed by atoms with van der Waals surface area (Å²) in [7, 11) is 0. The van der Waals surface area contributed by atoms with Gasteiger partial charge in [-0.05, 0) is 29.7 Å². The van der Waals surface area contributed by atoms with Gasteiger partial charge < -0.3 is 10.1 Å². The van der Waals surface area contributed by atoms with Crippen LogP contribution in [0.4, 0.5) is 10.1 Å². The fraction of sp³-hybridized carbons (Fsp3) is 0.125. The molecule has 4 rings (SSSR count). The maximum Gasteiger partial charge on any atom is 0.150 e. The minimum atomic E-state index is -0.250. The Hall–Kier alpha value is -2.07. The van der Waals surface area contributed by atoms with Crippen LogP contribution in [0.25, 0.3) is 10.1 Å². The Kier molecular flexibility index (Phi) is 2.63. The summed E-state index contributed by atoms with van der Waals surface area (Å²) in [5, 5.41) is 4.48. The number of thiophene rings is 1. The maximum atomic E-state index is 13.2. The van der Waals surface area contributed by atoms with Crippen molar-refractivity contribution in [1.29, 1.82) is 0 Å². The van der Waals surface area contributed by atoms with E-state index in [0.29, 0.717) is 12.3 Å². The number of halogens is 1. The molecule has 0 radical (unpaired) electrons. The zero-order valence-corrected chi connectivity index (χ0v) is 11.4. The second-order valence-corrected chi connectivity index (χ2v) is 5.93. The predicted octanol–water partition coefficient (Wildman–Crippen LogP) is 4.59. The van der Waals surface area contributed by atoms with Crippen molar-refractivity contribution in [3.8, 4) is 5.75 Å². The molecule has 2 nitrogen and oxygen atoms in total. The van der Waals surface area contributed by atoms with E-state index in [1.165, 1.54) is 27.1 Å². The monoisotopic (exact) mass is 285 g/mol. The fourth-order valence-corrected chi connectivity index (χ4v) is 3.55. The molecule has 1 N–H and O–H groups in total. The van der Waals surface area contributed by atoms with Crippen LogP contribution < -0.4 is 10.1 Å². The van der Waals surface area contributed by atoms with Crippen molar-refractivity contribution in [1.82, 2.24) is 0 Å². The van der Waals surface area contributed by atoms with E-state index < -0.39 is 0 Å². The van der Waals surface area contributed by atoms with Crippen LogP contribution >= 0.6 is 11.3 Å². The van der Waals surface area contributed by atoms with Gasteiger partial charge >= 0.3 is 0 Å². The first-order valence-corrected chi connectivity index (χ1v) is 7.30. The molecule has 1 atom stereocenters. The Morgan fingerprint density at radius 2 is 2.05 bits per heavy atom. The summed E-state index contributed by atoms with van der Waals surface area (Å²) in [6.45, 7) is 0.656. The molecule has 0 aliphatic carbocycles. The molecule has 0 saturated carbocycles. The van der Waals surface area contributed by atoms with Gasteiger partial charge in [0.1, 0.15) is 11.6 Å². The molecule has 0 saturated heterocycles. The van der Waals surface area contributed by atoms with Crippen molar-refractivity contribution in [2.24, 2.45) is 0 Å². The number of fused-ring (bicyclic) bond motifs is 2. The first-order valence-electron chi connectivity index (χ1n) is 6.48. The number of anilines is 1. The highest BCUT2D eigenvalue weighted by Crippen LogP contribution is 2.38. The standard InChI is InChI=1S/C16H12FNOS/c17-11-5-6-13-12(8-11)18-9-14(19-13)16-7-10-3-1-2-4-15(10)20-16/h1-8,14,18H,9H2. The van der Waals surface area contributed by atoms with Gasteiger partial charge in [-0.3, -0.25) is 0 Å². The van der Waals surface area contributed by atoms with Gasteiger partial charge in [-0.1, -0.05) is 18.2 Å². The topological polar surface area (TPSA) is 21.3 Å². The van der Waals surface area contributed by atoms with E-state index in [1.807, 2.05) is 12.1 Å². The smallest absolute Gasteiger partial charge is 0.150 e. The molecule has 3 aromatic rings. The summed E-state index contributed by atoms with van der Waals surface area (Å²) in [6.07, 6.45) is -0.0228. The van der Waals surface area contributed by atoms with Crippen LogP contribution in [0.15, 0.2) is 48.5 Å². The highest BCUT2D eigenvalue weighted by Gasteiger charge is 2.22. The number of rotatable bonds is 1. The Morgan fingerprint density at radius 1 is 1.15 bits per heavy atom. The highest BCUT2D eigenvalue weighted by molar-refractivity contribution is 7.19. The molecule has 1 aliphatic heterocycles. The molecular formula is C16H12FNOS. The van der Waals surface area contributed by atoms with Crippen molar-refractivity contribution < 1.29 is 9.13 Å². The molecule has 0 bridgehead atoms. The summed E-state index contributed by atoms with van der Waals surface area (Å²) in [6, 6.07) is 15.0. The summed E-state index contributed by atoms with van der Waals surface area (Å²) < 4.78 is 20.4. The first kappa shape index (κ1) is 11.7. The summed E-state index contributed by atoms with van der Waals surface area (Å²) in [5.41, 5.74) is 0.724. The average molecular weight is 285 g/mol. The van der Waals surface area contributed by atoms with Crippen LogP contribution in [0.5, 0.6) is 5.75 Å². The van der Waals surface area contributed by atoms with Crippen LogP contribution in [0.2, 0.25) is 0 Å². The molecule has 20 heavy (non-hydrogen) atoms. The number of nitrogens with one attached hydrogen (secondary N) is 1. The SMILES string of the molecule is Fc1ccc2c(c1)NCC(c1cc3ccccc3s1)O2. The van der Waals surface area contributed by atoms with Crippen molar-refractivity contribution in [2.75, 3.05) is 11.9 Å². The molecule has 1 unspecified atom stereocenters. The van der Waals surface area contributed by atoms with Gasteiger partial charge in [0.05, 0.1) is 12.2 Å². The Balaban J connectivity index is 1.69. The third-order valence-electron chi connectivity index (χ3n) is 3.45. The van der Waals surface area contributed by atoms with E-state index in [-0.39, 0.29) is 11.9 Å². The van der Waals surface area contributed by atoms with Crippen molar-refractivity contribution >= 4 is 27.1 Å². The number of hydrogen-bond acceptors (Lipinski definition) is 3. The summed E-state index contributed by atoms with van der Waals surface area (Å²) in [5.74, 6) is 0.459. The molecule has 1 aromatic heterocycles. The number of hydrogen-bond donors (Lipinski definition) is 1. The second kappa shape index (κ2) is 4.49. The largest absolute Gasteiger partial charge is 0.481 e. The van der Waals surface area contributed by atoms with Crippen LogP contribution in [-0.2, 0) is 0 Å². The minimum Gasteiger partial charge on any atom is -0.481 e. The van der Waals surface area contributed by atoms with Gasteiger partial charge in [-0.25, -0.2) is 4.39 Å². The lowest BCUT2D eigenvalue weighted by Gasteiger charge is -2.26. The van der Waals surface area contributed by atoms with Gasteiger partial charge in [-0.15, -0.1) is 11.3 Å². The zero-order valence-electron chi connectivity index (χ0n) is 10.6. The zero-order chi connectivity index (χ0) is 13.5. The van der Waals surface area contributed by atoms with Crippen LogP contribution in [0.3, 0.4) is 0 Å². The minimum absolute atomic E-state index is 0.0228. The van der Waals surface area contributed by atoms with E-state index in [0.717, 1.165) is 5.69 Å². The van der Waals surface area contributed by atoms with Crippen LogP contribution in [-0.4, -0.2) is 6.54 Å². The Morgan fingerprint density at radius 3 is 2.95 bits per heavy atom. The van der Waals surface area contributed by atoms with Gasteiger partial charge in [0.2, 0.25) is 0 Å². The molecule has 2 aromatic carbocycles. The third-order valence-corrected chi connectivity index (χ3v) is 4.66. The van der Waals surface area contributed by atoms with Crippen LogP contribution in [0, 0.1) is 5.82 Å². The predicted molar refractivity (Wildman–Crippen MR) is 80.1 cm³/mol. The van der Waals surface area contributed by atoms with E-state index in [9.17, 15) is 4.39 Å². The highest BCUT2D eigenvalue weighted by atomic mass is 32.1. The van der Waals surface area contributed by atoms with E-state index in [4.69, 9.17) is 4.74 Å². The fourth-order valence-electron chi connectivity index (χ4n) is 2.46. The first-order chi connectivity index (χ1) is 9.79. The molecule has 1 aliphatic rings. The maximum absolute atomic E-state index is 13.2. The second-order valence-electron chi connectivity index (χ2n) is 4.81. The lowest BCUT2D eigenvalue weighted by molar-refractivity contribution is 0.214. The Labute approximate surface area is 119 Å². The van der Waals surface area contributed by atoms with E-state index in [1.54, 1.807) is 17.4 Å². The lowest BCUT2D eigenvalue weighted by atomic mass is 10.2. The van der Waals surface area contributed by atoms with Crippen LogP contribution in [0.1, 0.15) is 11.0 Å². The molecule has 0 spiro atoms. The normalized spacial score (nSPS) is 17.4. The summed E-state index contributed by atoms with van der Waals surface area (Å²) >= 11 is 1.74. The molecule has 0 fully saturated rings. The summed E-state index contributed by atoms with van der Waals surface area (Å²) in [4.78, 5) is 1.19. The molecular weight excluding hydrogens is 273 g/mol. The average Bonchev–Trinajstić information content (AvgIpc) is 2.90. The molecule has 2 heterocycles. The lowest BCUT2D eigenvalue weighted by Crippen LogP contribution is -2.22. The molecule has 4 heteroatoms. The van der Waals surface area contributed by atoms with Gasteiger partial charge in [-0.2, -0.15) is 0 Å². The number of ether oxygens (including phenoxy) is 1. The van der Waals surface area contributed by atoms with E-state index in [2.05, 4.69) is 23.5 Å². The van der Waals surface area contributed by atoms with Gasteiger partial charge in [0.25, 0.3) is 0 Å². The molecule has 0 amide bonds. The van der Waals surface area contributed by atoms with Crippen molar-refractivity contribution in [3.05, 3.63) is 59.2 Å². The molecule has 100 valence electrons. The van der Waals surface area contributed by atoms with E-state index >= 15 is 0 Å². The third kappa shape index (κ3) is 1.93. The van der Waals surface area contributed by atoms with Gasteiger partial charge in [0, 0.05) is 15.6 Å².